The van der Waals surface area contributed by atoms with Crippen LogP contribution in [0.5, 0.6) is 0 Å². The molecule has 0 radical (unpaired) electrons. The first-order valence-corrected chi connectivity index (χ1v) is 7.82. The zero-order valence-corrected chi connectivity index (χ0v) is 12.6. The molecule has 0 aliphatic heterocycles. The van der Waals surface area contributed by atoms with Crippen LogP contribution >= 0.6 is 0 Å². The molecule has 0 atom stereocenters. The van der Waals surface area contributed by atoms with Gasteiger partial charge in [0.1, 0.15) is 17.2 Å². The van der Waals surface area contributed by atoms with Crippen LogP contribution in [0.25, 0.3) is 11.0 Å². The Morgan fingerprint density at radius 3 is 2.65 bits per heavy atom. The van der Waals surface area contributed by atoms with Gasteiger partial charge in [-0.05, 0) is 61.7 Å². The molecule has 3 nitrogen and oxygen atoms in total. The van der Waals surface area contributed by atoms with E-state index in [0.29, 0.717) is 5.56 Å². The summed E-state index contributed by atoms with van der Waals surface area (Å²) in [5, 5.41) is 3.94. The SMILES string of the molecule is O=C(Nc1ccc2oc3c(c2c1)CCCC3)c1ccc(F)cc1. The summed E-state index contributed by atoms with van der Waals surface area (Å²) < 4.78 is 18.8. The molecule has 0 saturated carbocycles. The number of fused-ring (bicyclic) bond motifs is 3. The maximum absolute atomic E-state index is 12.9. The first-order chi connectivity index (χ1) is 11.2. The van der Waals surface area contributed by atoms with Crippen LogP contribution in [0, 0.1) is 5.82 Å². The number of amides is 1. The lowest BCUT2D eigenvalue weighted by atomic mass is 9.96. The summed E-state index contributed by atoms with van der Waals surface area (Å²) in [5.41, 5.74) is 3.29. The van der Waals surface area contributed by atoms with Gasteiger partial charge in [0.25, 0.3) is 5.91 Å². The molecule has 0 saturated heterocycles. The Morgan fingerprint density at radius 1 is 1.04 bits per heavy atom. The maximum Gasteiger partial charge on any atom is 0.255 e. The van der Waals surface area contributed by atoms with Crippen molar-refractivity contribution in [2.45, 2.75) is 25.7 Å². The highest BCUT2D eigenvalue weighted by Crippen LogP contribution is 2.33. The largest absolute Gasteiger partial charge is 0.461 e. The van der Waals surface area contributed by atoms with Gasteiger partial charge in [0, 0.05) is 28.6 Å². The lowest BCUT2D eigenvalue weighted by Gasteiger charge is -2.09. The van der Waals surface area contributed by atoms with E-state index in [1.54, 1.807) is 0 Å². The van der Waals surface area contributed by atoms with E-state index >= 15 is 0 Å². The highest BCUT2D eigenvalue weighted by atomic mass is 19.1. The number of carbonyl (C=O) groups excluding carboxylic acids is 1. The average molecular weight is 309 g/mol. The van der Waals surface area contributed by atoms with Crippen molar-refractivity contribution < 1.29 is 13.6 Å². The van der Waals surface area contributed by atoms with Crippen molar-refractivity contribution in [2.75, 3.05) is 5.32 Å². The fraction of sp³-hybridized carbons (Fsp3) is 0.211. The molecule has 0 bridgehead atoms. The Hall–Kier alpha value is -2.62. The van der Waals surface area contributed by atoms with Crippen molar-refractivity contribution in [2.24, 2.45) is 0 Å². The molecule has 1 amide bonds. The van der Waals surface area contributed by atoms with Gasteiger partial charge in [0.2, 0.25) is 0 Å². The van der Waals surface area contributed by atoms with E-state index in [1.807, 2.05) is 18.2 Å². The Kier molecular flexibility index (Phi) is 3.37. The summed E-state index contributed by atoms with van der Waals surface area (Å²) in [6, 6.07) is 11.2. The number of nitrogens with one attached hydrogen (secondary N) is 1. The van der Waals surface area contributed by atoms with Gasteiger partial charge in [0.15, 0.2) is 0 Å². The molecule has 23 heavy (non-hydrogen) atoms. The molecule has 4 rings (SSSR count). The zero-order chi connectivity index (χ0) is 15.8. The molecule has 1 N–H and O–H groups in total. The zero-order valence-electron chi connectivity index (χ0n) is 12.6. The molecule has 2 aromatic carbocycles. The van der Waals surface area contributed by atoms with Crippen LogP contribution in [-0.2, 0) is 12.8 Å². The number of rotatable bonds is 2. The fourth-order valence-corrected chi connectivity index (χ4v) is 3.14. The molecule has 4 heteroatoms. The number of carbonyl (C=O) groups is 1. The predicted octanol–water partition coefficient (Wildman–Crippen LogP) is 4.70. The summed E-state index contributed by atoms with van der Waals surface area (Å²) in [4.78, 5) is 12.2. The van der Waals surface area contributed by atoms with Gasteiger partial charge >= 0.3 is 0 Å². The molecule has 1 aliphatic rings. The third kappa shape index (κ3) is 2.61. The first kappa shape index (κ1) is 14.0. The maximum atomic E-state index is 12.9. The molecule has 0 fully saturated rings. The number of aryl methyl sites for hydroxylation is 2. The van der Waals surface area contributed by atoms with Crippen LogP contribution in [0.1, 0.15) is 34.5 Å². The van der Waals surface area contributed by atoms with Gasteiger partial charge in [-0.25, -0.2) is 4.39 Å². The summed E-state index contributed by atoms with van der Waals surface area (Å²) in [5.74, 6) is 0.475. The Bertz CT molecular complexity index is 880. The minimum absolute atomic E-state index is 0.248. The quantitative estimate of drug-likeness (QED) is 0.745. The second-order valence-corrected chi connectivity index (χ2v) is 5.88. The molecule has 116 valence electrons. The van der Waals surface area contributed by atoms with Crippen molar-refractivity contribution in [3.05, 3.63) is 65.2 Å². The van der Waals surface area contributed by atoms with E-state index in [9.17, 15) is 9.18 Å². The van der Waals surface area contributed by atoms with Gasteiger partial charge < -0.3 is 9.73 Å². The minimum Gasteiger partial charge on any atom is -0.461 e. The molecule has 1 aliphatic carbocycles. The van der Waals surface area contributed by atoms with Crippen LogP contribution < -0.4 is 5.32 Å². The van der Waals surface area contributed by atoms with E-state index in [4.69, 9.17) is 4.42 Å². The smallest absolute Gasteiger partial charge is 0.255 e. The van der Waals surface area contributed by atoms with Gasteiger partial charge in [-0.3, -0.25) is 4.79 Å². The van der Waals surface area contributed by atoms with E-state index in [-0.39, 0.29) is 11.7 Å². The van der Waals surface area contributed by atoms with Crippen molar-refractivity contribution >= 4 is 22.6 Å². The molecule has 3 aromatic rings. The molecular weight excluding hydrogens is 293 g/mol. The number of halogens is 1. The summed E-state index contributed by atoms with van der Waals surface area (Å²) >= 11 is 0. The van der Waals surface area contributed by atoms with Gasteiger partial charge in [0.05, 0.1) is 0 Å². The molecule has 1 aromatic heterocycles. The summed E-state index contributed by atoms with van der Waals surface area (Å²) in [6.07, 6.45) is 4.35. The normalized spacial score (nSPS) is 13.8. The Morgan fingerprint density at radius 2 is 1.83 bits per heavy atom. The molecular formula is C19H16FNO2. The lowest BCUT2D eigenvalue weighted by Crippen LogP contribution is -2.11. The van der Waals surface area contributed by atoms with Crippen molar-refractivity contribution in [3.63, 3.8) is 0 Å². The number of hydrogen-bond donors (Lipinski definition) is 1. The standard InChI is InChI=1S/C19H16FNO2/c20-13-7-5-12(6-8-13)19(22)21-14-9-10-18-16(11-14)15-3-1-2-4-17(15)23-18/h5-11H,1-4H2,(H,21,22). The van der Waals surface area contributed by atoms with Crippen molar-refractivity contribution in [3.8, 4) is 0 Å². The molecule has 0 unspecified atom stereocenters. The Balaban J connectivity index is 1.64. The second kappa shape index (κ2) is 5.54. The van der Waals surface area contributed by atoms with Crippen LogP contribution in [-0.4, -0.2) is 5.91 Å². The monoisotopic (exact) mass is 309 g/mol. The minimum atomic E-state index is -0.354. The van der Waals surface area contributed by atoms with E-state index in [1.165, 1.54) is 42.7 Å². The van der Waals surface area contributed by atoms with Gasteiger partial charge in [-0.1, -0.05) is 0 Å². The predicted molar refractivity (Wildman–Crippen MR) is 87.2 cm³/mol. The van der Waals surface area contributed by atoms with Crippen molar-refractivity contribution in [1.82, 2.24) is 0 Å². The van der Waals surface area contributed by atoms with Crippen LogP contribution in [0.2, 0.25) is 0 Å². The summed E-state index contributed by atoms with van der Waals surface area (Å²) in [7, 11) is 0. The lowest BCUT2D eigenvalue weighted by molar-refractivity contribution is 0.102. The number of benzene rings is 2. The molecule has 0 spiro atoms. The first-order valence-electron chi connectivity index (χ1n) is 7.82. The van der Waals surface area contributed by atoms with Crippen LogP contribution in [0.15, 0.2) is 46.9 Å². The van der Waals surface area contributed by atoms with E-state index in [2.05, 4.69) is 5.32 Å². The number of anilines is 1. The highest BCUT2D eigenvalue weighted by molar-refractivity contribution is 6.05. The summed E-state index contributed by atoms with van der Waals surface area (Å²) in [6.45, 7) is 0. The Labute approximate surface area is 133 Å². The van der Waals surface area contributed by atoms with E-state index in [0.717, 1.165) is 35.3 Å². The third-order valence-corrected chi connectivity index (χ3v) is 4.32. The van der Waals surface area contributed by atoms with Crippen LogP contribution in [0.4, 0.5) is 10.1 Å². The van der Waals surface area contributed by atoms with Gasteiger partial charge in [-0.15, -0.1) is 0 Å². The average Bonchev–Trinajstić information content (AvgIpc) is 2.93. The number of hydrogen-bond acceptors (Lipinski definition) is 2. The van der Waals surface area contributed by atoms with Crippen LogP contribution in [0.3, 0.4) is 0 Å². The van der Waals surface area contributed by atoms with E-state index < -0.39 is 0 Å². The second-order valence-electron chi connectivity index (χ2n) is 5.88. The highest BCUT2D eigenvalue weighted by Gasteiger charge is 2.18. The van der Waals surface area contributed by atoms with Gasteiger partial charge in [-0.2, -0.15) is 0 Å². The topological polar surface area (TPSA) is 42.2 Å². The fourth-order valence-electron chi connectivity index (χ4n) is 3.14. The third-order valence-electron chi connectivity index (χ3n) is 4.32. The number of furan rings is 1. The molecule has 1 heterocycles. The van der Waals surface area contributed by atoms with Crippen molar-refractivity contribution in [1.29, 1.82) is 0 Å².